The van der Waals surface area contributed by atoms with E-state index in [1.54, 1.807) is 11.1 Å². The summed E-state index contributed by atoms with van der Waals surface area (Å²) >= 11 is 0. The van der Waals surface area contributed by atoms with Gasteiger partial charge in [0.2, 0.25) is 0 Å². The van der Waals surface area contributed by atoms with E-state index >= 15 is 0 Å². The Bertz CT molecular complexity index is 1550. The standard InChI is InChI=1S/C42H46O2/c1-3-4-5-6-7-12-23-42(2,38-21-13-19-34-30-15-8-10-17-32(30)36(40(34)38)24-28-26-43-28)39-22-14-20-35-31-16-9-11-18-33(31)37(41(35)39)25-29-27-44-29/h8-11,13-22,28-29,36-37H,3-7,12,23-27H2,1-2H3. The number of benzene rings is 4. The molecule has 2 saturated heterocycles. The Labute approximate surface area is 263 Å². The molecule has 2 nitrogen and oxygen atoms in total. The molecule has 2 aliphatic heterocycles. The molecule has 0 amide bonds. The summed E-state index contributed by atoms with van der Waals surface area (Å²) in [7, 11) is 0. The van der Waals surface area contributed by atoms with Crippen LogP contribution in [0.2, 0.25) is 0 Å². The first-order valence-corrected chi connectivity index (χ1v) is 17.4. The highest BCUT2D eigenvalue weighted by Gasteiger charge is 2.44. The molecule has 226 valence electrons. The van der Waals surface area contributed by atoms with E-state index in [-0.39, 0.29) is 5.41 Å². The van der Waals surface area contributed by atoms with E-state index in [4.69, 9.17) is 9.47 Å². The van der Waals surface area contributed by atoms with E-state index < -0.39 is 0 Å². The molecule has 2 aliphatic carbocycles. The van der Waals surface area contributed by atoms with Crippen LogP contribution in [0.4, 0.5) is 0 Å². The molecule has 44 heavy (non-hydrogen) atoms. The molecule has 4 aromatic rings. The van der Waals surface area contributed by atoms with Crippen LogP contribution >= 0.6 is 0 Å². The Morgan fingerprint density at radius 3 is 1.52 bits per heavy atom. The second-order valence-corrected chi connectivity index (χ2v) is 14.0. The third-order valence-corrected chi connectivity index (χ3v) is 11.2. The number of unbranched alkanes of at least 4 members (excludes halogenated alkanes) is 5. The molecule has 4 aliphatic rings. The monoisotopic (exact) mass is 582 g/mol. The number of ether oxygens (including phenoxy) is 2. The lowest BCUT2D eigenvalue weighted by atomic mass is 9.66. The van der Waals surface area contributed by atoms with Crippen LogP contribution in [-0.4, -0.2) is 25.4 Å². The maximum absolute atomic E-state index is 5.86. The first kappa shape index (κ1) is 28.3. The van der Waals surface area contributed by atoms with E-state index in [0.717, 1.165) is 32.5 Å². The normalized spacial score (nSPS) is 23.4. The fourth-order valence-corrected chi connectivity index (χ4v) is 8.81. The molecule has 0 radical (unpaired) electrons. The number of fused-ring (bicyclic) bond motifs is 6. The van der Waals surface area contributed by atoms with Gasteiger partial charge in [-0.15, -0.1) is 0 Å². The summed E-state index contributed by atoms with van der Waals surface area (Å²) in [5.41, 5.74) is 14.8. The van der Waals surface area contributed by atoms with Crippen LogP contribution in [0.25, 0.3) is 22.3 Å². The lowest BCUT2D eigenvalue weighted by Gasteiger charge is -2.37. The first-order valence-electron chi connectivity index (χ1n) is 17.4. The average molecular weight is 583 g/mol. The van der Waals surface area contributed by atoms with Crippen LogP contribution in [0.15, 0.2) is 84.9 Å². The Kier molecular flexibility index (Phi) is 7.47. The molecule has 0 N–H and O–H groups in total. The summed E-state index contributed by atoms with van der Waals surface area (Å²) in [6.07, 6.45) is 12.0. The average Bonchev–Trinajstić information content (AvgIpc) is 4.00. The van der Waals surface area contributed by atoms with E-state index in [0.29, 0.717) is 24.0 Å². The summed E-state index contributed by atoms with van der Waals surface area (Å²) in [6.45, 7) is 6.71. The third kappa shape index (κ3) is 4.95. The first-order chi connectivity index (χ1) is 21.7. The fourth-order valence-electron chi connectivity index (χ4n) is 8.81. The van der Waals surface area contributed by atoms with Crippen LogP contribution in [-0.2, 0) is 14.9 Å². The summed E-state index contributed by atoms with van der Waals surface area (Å²) in [4.78, 5) is 0. The van der Waals surface area contributed by atoms with Gasteiger partial charge in [-0.3, -0.25) is 0 Å². The van der Waals surface area contributed by atoms with Gasteiger partial charge in [-0.1, -0.05) is 137 Å². The molecular weight excluding hydrogens is 536 g/mol. The van der Waals surface area contributed by atoms with Crippen LogP contribution in [0.3, 0.4) is 0 Å². The summed E-state index contributed by atoms with van der Waals surface area (Å²) < 4.78 is 11.7. The number of hydrogen-bond acceptors (Lipinski definition) is 2. The summed E-state index contributed by atoms with van der Waals surface area (Å²) in [6, 6.07) is 32.8. The molecule has 8 rings (SSSR count). The Hall–Kier alpha value is -3.20. The van der Waals surface area contributed by atoms with Crippen molar-refractivity contribution >= 4 is 0 Å². The van der Waals surface area contributed by atoms with Gasteiger partial charge in [0.05, 0.1) is 25.4 Å². The molecule has 4 aromatic carbocycles. The topological polar surface area (TPSA) is 25.1 Å². The van der Waals surface area contributed by atoms with Crippen LogP contribution in [0.5, 0.6) is 0 Å². The van der Waals surface area contributed by atoms with Crippen LogP contribution < -0.4 is 0 Å². The minimum atomic E-state index is -0.100. The Morgan fingerprint density at radius 2 is 1.02 bits per heavy atom. The lowest BCUT2D eigenvalue weighted by Crippen LogP contribution is -2.28. The van der Waals surface area contributed by atoms with E-state index in [2.05, 4.69) is 98.8 Å². The number of rotatable bonds is 13. The Morgan fingerprint density at radius 1 is 0.568 bits per heavy atom. The molecule has 0 spiro atoms. The van der Waals surface area contributed by atoms with Gasteiger partial charge in [0.25, 0.3) is 0 Å². The van der Waals surface area contributed by atoms with Crippen molar-refractivity contribution in [2.24, 2.45) is 0 Å². The van der Waals surface area contributed by atoms with Gasteiger partial charge in [-0.2, -0.15) is 0 Å². The smallest absolute Gasteiger partial charge is 0.0819 e. The molecule has 2 heterocycles. The predicted octanol–water partition coefficient (Wildman–Crippen LogP) is 10.5. The predicted molar refractivity (Wildman–Crippen MR) is 181 cm³/mol. The fraction of sp³-hybridized carbons (Fsp3) is 0.429. The zero-order valence-electron chi connectivity index (χ0n) is 26.5. The highest BCUT2D eigenvalue weighted by Crippen LogP contribution is 2.57. The van der Waals surface area contributed by atoms with Crippen molar-refractivity contribution in [3.63, 3.8) is 0 Å². The van der Waals surface area contributed by atoms with Gasteiger partial charge in [0.15, 0.2) is 0 Å². The molecule has 2 fully saturated rings. The van der Waals surface area contributed by atoms with Gasteiger partial charge in [-0.25, -0.2) is 0 Å². The van der Waals surface area contributed by atoms with Crippen molar-refractivity contribution in [1.82, 2.24) is 0 Å². The lowest BCUT2D eigenvalue weighted by molar-refractivity contribution is 0.386. The summed E-state index contributed by atoms with van der Waals surface area (Å²) in [5.74, 6) is 0.775. The highest BCUT2D eigenvalue weighted by atomic mass is 16.6. The van der Waals surface area contributed by atoms with Crippen LogP contribution in [0.1, 0.15) is 117 Å². The van der Waals surface area contributed by atoms with E-state index in [1.165, 1.54) is 83.0 Å². The van der Waals surface area contributed by atoms with Gasteiger partial charge < -0.3 is 9.47 Å². The largest absolute Gasteiger partial charge is 0.373 e. The molecule has 2 heteroatoms. The summed E-state index contributed by atoms with van der Waals surface area (Å²) in [5, 5.41) is 0. The maximum atomic E-state index is 5.86. The maximum Gasteiger partial charge on any atom is 0.0819 e. The SMILES string of the molecule is CCCCCCCCC(C)(c1cccc2c1C(CC1CO1)c1ccccc1-2)c1cccc2c1C(CC1CO1)c1ccccc1-2. The van der Waals surface area contributed by atoms with Crippen molar-refractivity contribution < 1.29 is 9.47 Å². The number of hydrogen-bond donors (Lipinski definition) is 0. The molecular formula is C42H46O2. The second kappa shape index (κ2) is 11.6. The zero-order chi connectivity index (χ0) is 29.7. The molecule has 4 unspecified atom stereocenters. The van der Waals surface area contributed by atoms with Crippen molar-refractivity contribution in [3.05, 3.63) is 118 Å². The van der Waals surface area contributed by atoms with E-state index in [9.17, 15) is 0 Å². The minimum Gasteiger partial charge on any atom is -0.373 e. The Balaban J connectivity index is 1.28. The number of epoxide rings is 2. The van der Waals surface area contributed by atoms with Crippen molar-refractivity contribution in [1.29, 1.82) is 0 Å². The molecule has 0 aromatic heterocycles. The van der Waals surface area contributed by atoms with Crippen molar-refractivity contribution in [2.45, 2.75) is 101 Å². The zero-order valence-corrected chi connectivity index (χ0v) is 26.5. The van der Waals surface area contributed by atoms with Gasteiger partial charge in [0, 0.05) is 17.3 Å². The molecule has 0 bridgehead atoms. The van der Waals surface area contributed by atoms with Crippen molar-refractivity contribution in [2.75, 3.05) is 13.2 Å². The van der Waals surface area contributed by atoms with E-state index in [1.807, 2.05) is 0 Å². The quantitative estimate of drug-likeness (QED) is 0.116. The highest BCUT2D eigenvalue weighted by molar-refractivity contribution is 5.83. The molecule has 4 atom stereocenters. The van der Waals surface area contributed by atoms with Gasteiger partial charge in [-0.05, 0) is 74.9 Å². The van der Waals surface area contributed by atoms with Crippen molar-refractivity contribution in [3.8, 4) is 22.3 Å². The van der Waals surface area contributed by atoms with Gasteiger partial charge in [0.1, 0.15) is 0 Å². The third-order valence-electron chi connectivity index (χ3n) is 11.2. The van der Waals surface area contributed by atoms with Crippen LogP contribution in [0, 0.1) is 0 Å². The molecule has 0 saturated carbocycles. The van der Waals surface area contributed by atoms with Gasteiger partial charge >= 0.3 is 0 Å². The minimum absolute atomic E-state index is 0.100. The second-order valence-electron chi connectivity index (χ2n) is 14.0.